The van der Waals surface area contributed by atoms with Gasteiger partial charge in [0.25, 0.3) is 5.91 Å². The van der Waals surface area contributed by atoms with Gasteiger partial charge in [-0.2, -0.15) is 0 Å². The van der Waals surface area contributed by atoms with E-state index in [0.29, 0.717) is 22.7 Å². The molecule has 2 aromatic carbocycles. The van der Waals surface area contributed by atoms with Crippen LogP contribution in [0.4, 0.5) is 16.2 Å². The SMILES string of the molecule is CC(C)(C)C(=O)CN1C(=O)[C@H](NC(=O)Nc2cccc(C(=O)O)c2)N=C(c2ccccn2)c2ccccc21. The highest BCUT2D eigenvalue weighted by Crippen LogP contribution is 2.29. The summed E-state index contributed by atoms with van der Waals surface area (Å²) in [6.07, 6.45) is 0.202. The van der Waals surface area contributed by atoms with Crippen LogP contribution in [0.2, 0.25) is 0 Å². The summed E-state index contributed by atoms with van der Waals surface area (Å²) >= 11 is 0. The number of hydrogen-bond acceptors (Lipinski definition) is 6. The molecular formula is C28H27N5O5. The summed E-state index contributed by atoms with van der Waals surface area (Å²) in [6, 6.07) is 17.3. The van der Waals surface area contributed by atoms with Crippen LogP contribution >= 0.6 is 0 Å². The zero-order valence-electron chi connectivity index (χ0n) is 21.1. The smallest absolute Gasteiger partial charge is 0.335 e. The van der Waals surface area contributed by atoms with Crippen LogP contribution in [0.3, 0.4) is 0 Å². The lowest BCUT2D eigenvalue weighted by Crippen LogP contribution is -2.50. The zero-order valence-corrected chi connectivity index (χ0v) is 21.1. The summed E-state index contributed by atoms with van der Waals surface area (Å²) in [7, 11) is 0. The number of para-hydroxylation sites is 1. The molecule has 2 heterocycles. The van der Waals surface area contributed by atoms with Crippen LogP contribution in [0.1, 0.15) is 42.4 Å². The first kappa shape index (κ1) is 26.2. The van der Waals surface area contributed by atoms with Gasteiger partial charge in [0.1, 0.15) is 0 Å². The van der Waals surface area contributed by atoms with Gasteiger partial charge in [0.2, 0.25) is 6.17 Å². The third-order valence-electron chi connectivity index (χ3n) is 5.89. The molecular weight excluding hydrogens is 486 g/mol. The van der Waals surface area contributed by atoms with Crippen molar-refractivity contribution in [3.8, 4) is 0 Å². The normalized spacial score (nSPS) is 15.1. The van der Waals surface area contributed by atoms with E-state index in [4.69, 9.17) is 0 Å². The molecule has 3 aromatic rings. The maximum atomic E-state index is 13.8. The lowest BCUT2D eigenvalue weighted by atomic mass is 9.90. The number of hydrogen-bond donors (Lipinski definition) is 3. The van der Waals surface area contributed by atoms with Crippen molar-refractivity contribution in [1.82, 2.24) is 10.3 Å². The molecule has 38 heavy (non-hydrogen) atoms. The summed E-state index contributed by atoms with van der Waals surface area (Å²) in [6.45, 7) is 5.10. The Kier molecular flexibility index (Phi) is 7.33. The van der Waals surface area contributed by atoms with Gasteiger partial charge in [0.15, 0.2) is 5.78 Å². The summed E-state index contributed by atoms with van der Waals surface area (Å²) in [4.78, 5) is 61.4. The third-order valence-corrected chi connectivity index (χ3v) is 5.89. The van der Waals surface area contributed by atoms with Gasteiger partial charge in [0.05, 0.1) is 29.2 Å². The van der Waals surface area contributed by atoms with Crippen LogP contribution in [0.25, 0.3) is 0 Å². The first-order valence-corrected chi connectivity index (χ1v) is 11.9. The average molecular weight is 514 g/mol. The topological polar surface area (TPSA) is 141 Å². The summed E-state index contributed by atoms with van der Waals surface area (Å²) in [5.74, 6) is -1.92. The Morgan fingerprint density at radius 1 is 1.00 bits per heavy atom. The number of carbonyl (C=O) groups is 4. The molecule has 0 saturated carbocycles. The van der Waals surface area contributed by atoms with E-state index in [1.165, 1.54) is 29.2 Å². The van der Waals surface area contributed by atoms with Gasteiger partial charge in [-0.15, -0.1) is 0 Å². The van der Waals surface area contributed by atoms with E-state index in [2.05, 4.69) is 20.6 Å². The first-order valence-electron chi connectivity index (χ1n) is 11.9. The number of amides is 3. The monoisotopic (exact) mass is 513 g/mol. The van der Waals surface area contributed by atoms with Crippen LogP contribution in [0, 0.1) is 5.41 Å². The van der Waals surface area contributed by atoms with E-state index in [1.54, 1.807) is 69.4 Å². The molecule has 0 radical (unpaired) electrons. The number of pyridine rings is 1. The number of aliphatic imine (C=N–C) groups is 1. The number of urea groups is 1. The van der Waals surface area contributed by atoms with Crippen molar-refractivity contribution in [2.45, 2.75) is 26.9 Å². The van der Waals surface area contributed by atoms with Gasteiger partial charge < -0.3 is 20.6 Å². The molecule has 0 saturated heterocycles. The Labute approximate surface area is 219 Å². The number of nitrogens with one attached hydrogen (secondary N) is 2. The molecule has 10 nitrogen and oxygen atoms in total. The lowest BCUT2D eigenvalue weighted by Gasteiger charge is -2.28. The third kappa shape index (κ3) is 5.75. The number of nitrogens with zero attached hydrogens (tertiary/aromatic N) is 3. The molecule has 0 aliphatic carbocycles. The zero-order chi connectivity index (χ0) is 27.4. The molecule has 1 aliphatic heterocycles. The molecule has 1 aromatic heterocycles. The van der Waals surface area contributed by atoms with Crippen molar-refractivity contribution < 1.29 is 24.3 Å². The average Bonchev–Trinajstić information content (AvgIpc) is 2.99. The van der Waals surface area contributed by atoms with E-state index < -0.39 is 29.5 Å². The van der Waals surface area contributed by atoms with Crippen LogP contribution in [-0.4, -0.2) is 52.2 Å². The number of ketones is 1. The van der Waals surface area contributed by atoms with Crippen molar-refractivity contribution in [1.29, 1.82) is 0 Å². The van der Waals surface area contributed by atoms with Crippen LogP contribution in [0.5, 0.6) is 0 Å². The highest BCUT2D eigenvalue weighted by atomic mass is 16.4. The molecule has 0 bridgehead atoms. The number of carboxylic acid groups (broad SMARTS) is 1. The van der Waals surface area contributed by atoms with Crippen LogP contribution in [0.15, 0.2) is 77.9 Å². The fourth-order valence-electron chi connectivity index (χ4n) is 3.80. The van der Waals surface area contributed by atoms with E-state index in [1.807, 2.05) is 0 Å². The number of fused-ring (bicyclic) bond motifs is 1. The number of aromatic nitrogens is 1. The van der Waals surface area contributed by atoms with Gasteiger partial charge in [-0.25, -0.2) is 14.6 Å². The van der Waals surface area contributed by atoms with Crippen molar-refractivity contribution >= 4 is 40.8 Å². The van der Waals surface area contributed by atoms with Crippen molar-refractivity contribution in [3.05, 3.63) is 89.7 Å². The highest BCUT2D eigenvalue weighted by molar-refractivity contribution is 6.20. The highest BCUT2D eigenvalue weighted by Gasteiger charge is 2.36. The number of Topliss-reactive ketones (excluding diaryl/α,β-unsaturated/α-hetero) is 1. The molecule has 194 valence electrons. The van der Waals surface area contributed by atoms with Gasteiger partial charge in [0, 0.05) is 22.9 Å². The predicted octanol–water partition coefficient (Wildman–Crippen LogP) is 3.73. The Bertz CT molecular complexity index is 1430. The van der Waals surface area contributed by atoms with E-state index in [9.17, 15) is 24.3 Å². The number of aromatic carboxylic acids is 1. The molecule has 3 N–H and O–H groups in total. The minimum absolute atomic E-state index is 0.00822. The largest absolute Gasteiger partial charge is 0.478 e. The number of carbonyl (C=O) groups excluding carboxylic acids is 3. The molecule has 1 aliphatic rings. The first-order chi connectivity index (χ1) is 18.0. The summed E-state index contributed by atoms with van der Waals surface area (Å²) in [5, 5.41) is 14.3. The molecule has 10 heteroatoms. The number of rotatable bonds is 6. The van der Waals surface area contributed by atoms with Gasteiger partial charge in [-0.3, -0.25) is 14.6 Å². The second-order valence-electron chi connectivity index (χ2n) is 9.69. The van der Waals surface area contributed by atoms with Crippen LogP contribution in [-0.2, 0) is 9.59 Å². The summed E-state index contributed by atoms with van der Waals surface area (Å²) in [5.41, 5.74) is 1.42. The Balaban J connectivity index is 1.74. The second-order valence-corrected chi connectivity index (χ2v) is 9.69. The Hall–Kier alpha value is -4.86. The van der Waals surface area contributed by atoms with Crippen molar-refractivity contribution in [2.75, 3.05) is 16.8 Å². The van der Waals surface area contributed by atoms with E-state index >= 15 is 0 Å². The number of carboxylic acids is 1. The maximum Gasteiger partial charge on any atom is 0.335 e. The van der Waals surface area contributed by atoms with Crippen LogP contribution < -0.4 is 15.5 Å². The lowest BCUT2D eigenvalue weighted by molar-refractivity contribution is -0.127. The molecule has 3 amide bonds. The number of benzodiazepines with no additional fused rings is 1. The quantitative estimate of drug-likeness (QED) is 0.459. The van der Waals surface area contributed by atoms with Crippen molar-refractivity contribution in [3.63, 3.8) is 0 Å². The van der Waals surface area contributed by atoms with Gasteiger partial charge >= 0.3 is 12.0 Å². The molecule has 0 fully saturated rings. The fourth-order valence-corrected chi connectivity index (χ4v) is 3.80. The van der Waals surface area contributed by atoms with Crippen molar-refractivity contribution in [2.24, 2.45) is 10.4 Å². The Morgan fingerprint density at radius 2 is 1.74 bits per heavy atom. The molecule has 4 rings (SSSR count). The van der Waals surface area contributed by atoms with Gasteiger partial charge in [-0.1, -0.05) is 51.1 Å². The second kappa shape index (κ2) is 10.6. The minimum atomic E-state index is -1.39. The molecule has 1 atom stereocenters. The molecule has 0 unspecified atom stereocenters. The maximum absolute atomic E-state index is 13.8. The summed E-state index contributed by atoms with van der Waals surface area (Å²) < 4.78 is 0. The minimum Gasteiger partial charge on any atom is -0.478 e. The number of anilines is 2. The number of benzene rings is 2. The van der Waals surface area contributed by atoms with Gasteiger partial charge in [-0.05, 0) is 36.4 Å². The van der Waals surface area contributed by atoms with E-state index in [0.717, 1.165) is 0 Å². The Morgan fingerprint density at radius 3 is 2.42 bits per heavy atom. The standard InChI is InChI=1S/C28H27N5O5/c1-28(2,3)22(34)16-33-21-13-5-4-11-19(21)23(20-12-6-7-14-29-20)31-24(25(33)35)32-27(38)30-18-10-8-9-17(15-18)26(36)37/h4-15,24H,16H2,1-3H3,(H,36,37)(H2,30,32,38)/t24-/m0/s1. The fraction of sp³-hybridized carbons (Fsp3) is 0.214. The molecule has 0 spiro atoms. The van der Waals surface area contributed by atoms with E-state index in [-0.39, 0.29) is 23.6 Å². The predicted molar refractivity (Wildman–Crippen MR) is 142 cm³/mol.